The first-order valence-electron chi connectivity index (χ1n) is 32.0. The van der Waals surface area contributed by atoms with Crippen molar-refractivity contribution < 1.29 is 42.9 Å². The highest BCUT2D eigenvalue weighted by Crippen LogP contribution is 2.14. The fraction of sp³-hybridized carbons (Fsp3) is 0.625. The summed E-state index contributed by atoms with van der Waals surface area (Å²) in [7, 11) is 5.91. The Balaban J connectivity index is 4.26. The van der Waals surface area contributed by atoms with Gasteiger partial charge in [-0.2, -0.15) is 0 Å². The molecule has 0 aliphatic heterocycles. The van der Waals surface area contributed by atoms with Gasteiger partial charge in [0.25, 0.3) is 0 Å². The first kappa shape index (κ1) is 76.2. The lowest BCUT2D eigenvalue weighted by Crippen LogP contribution is -2.44. The number of nitrogens with zero attached hydrogens (tertiary/aromatic N) is 1. The SMILES string of the molecule is CC/C=C\C/C=C\C/C=C\C/C=C\C/C=C\C/C=C\C/C=C\C/C=C\C/C=C\C/C=C\CCCCCCCCC(=O)OC(COC(=O)CCCCCCCCCCC/C=C\C/C=C\CCCCC)COC(OCC[N+](C)(C)C)C(=O)[O-]. The van der Waals surface area contributed by atoms with Crippen molar-refractivity contribution >= 4 is 17.9 Å². The molecule has 458 valence electrons. The number of likely N-dealkylation sites (N-methyl/N-ethyl adjacent to an activating group) is 1. The molecule has 0 spiro atoms. The number of aliphatic carboxylic acids is 1. The molecule has 0 bridgehead atoms. The van der Waals surface area contributed by atoms with Crippen LogP contribution in [0.25, 0.3) is 0 Å². The number of ether oxygens (including phenoxy) is 4. The summed E-state index contributed by atoms with van der Waals surface area (Å²) in [6, 6.07) is 0. The zero-order chi connectivity index (χ0) is 59.1. The summed E-state index contributed by atoms with van der Waals surface area (Å²) >= 11 is 0. The van der Waals surface area contributed by atoms with Gasteiger partial charge in [-0.25, -0.2) is 0 Å². The Labute approximate surface area is 496 Å². The molecule has 0 amide bonds. The van der Waals surface area contributed by atoms with Crippen LogP contribution in [0.15, 0.2) is 146 Å². The van der Waals surface area contributed by atoms with E-state index in [1.807, 2.05) is 21.1 Å². The molecule has 2 atom stereocenters. The second-order valence-corrected chi connectivity index (χ2v) is 22.0. The van der Waals surface area contributed by atoms with Gasteiger partial charge in [0, 0.05) is 12.8 Å². The summed E-state index contributed by atoms with van der Waals surface area (Å²) in [6.07, 6.45) is 86.1. The van der Waals surface area contributed by atoms with Crippen LogP contribution in [0.3, 0.4) is 0 Å². The third-order valence-corrected chi connectivity index (χ3v) is 13.1. The third kappa shape index (κ3) is 62.6. The van der Waals surface area contributed by atoms with Crippen LogP contribution in [-0.2, 0) is 33.3 Å². The number of hydrogen-bond acceptors (Lipinski definition) is 8. The molecule has 9 nitrogen and oxygen atoms in total. The Morgan fingerprint density at radius 2 is 0.704 bits per heavy atom. The summed E-state index contributed by atoms with van der Waals surface area (Å²) in [5.74, 6) is -2.32. The maximum atomic E-state index is 12.9. The first-order chi connectivity index (χ1) is 39.6. The highest BCUT2D eigenvalue weighted by Gasteiger charge is 2.22. The van der Waals surface area contributed by atoms with Crippen molar-refractivity contribution in [2.24, 2.45) is 0 Å². The predicted octanol–water partition coefficient (Wildman–Crippen LogP) is 18.2. The van der Waals surface area contributed by atoms with Gasteiger partial charge >= 0.3 is 11.9 Å². The van der Waals surface area contributed by atoms with E-state index in [0.717, 1.165) is 141 Å². The topological polar surface area (TPSA) is 111 Å². The second kappa shape index (κ2) is 61.2. The van der Waals surface area contributed by atoms with Crippen LogP contribution < -0.4 is 5.11 Å². The molecular formula is C72H117NO8. The molecule has 0 radical (unpaired) electrons. The van der Waals surface area contributed by atoms with Crippen molar-refractivity contribution in [2.45, 2.75) is 245 Å². The van der Waals surface area contributed by atoms with Crippen LogP contribution in [0.2, 0.25) is 0 Å². The van der Waals surface area contributed by atoms with Gasteiger partial charge in [-0.15, -0.1) is 0 Å². The molecule has 0 rings (SSSR count). The fourth-order valence-electron chi connectivity index (χ4n) is 8.18. The standard InChI is InChI=1S/C72H117NO8/c1-6-8-10-12-14-16-18-20-22-24-26-27-28-29-30-31-32-33-34-35-36-37-38-39-40-41-42-43-45-47-49-51-53-55-57-59-61-63-70(75)81-68(67-80-72(71(76)77)78-65-64-73(3,4)5)66-79-69(74)62-60-58-56-54-52-50-48-46-44-25-23-21-19-17-15-13-11-9-7-2/h8,10,14-17,20-23,26-27,29-30,32-33,35-36,38-39,41-42,45,47,68,72H,6-7,9,11-13,18-19,24-25,28,31,34,37,40,43-44,46,48-67H2,1-5H3/b10-8-,16-14-,17-15-,22-20-,23-21-,27-26-,30-29-,33-32-,36-35-,39-38-,42-41-,47-45-. The van der Waals surface area contributed by atoms with E-state index in [1.54, 1.807) is 0 Å². The van der Waals surface area contributed by atoms with Crippen LogP contribution in [0, 0.1) is 0 Å². The zero-order valence-electron chi connectivity index (χ0n) is 52.1. The number of unbranched alkanes of at least 4 members (excludes halogenated alkanes) is 18. The fourth-order valence-corrected chi connectivity index (χ4v) is 8.18. The summed E-state index contributed by atoms with van der Waals surface area (Å²) in [6.45, 7) is 4.57. The second-order valence-electron chi connectivity index (χ2n) is 22.0. The minimum Gasteiger partial charge on any atom is -0.545 e. The summed E-state index contributed by atoms with van der Waals surface area (Å²) in [5, 5.41) is 11.8. The minimum absolute atomic E-state index is 0.136. The number of carboxylic acid groups (broad SMARTS) is 1. The van der Waals surface area contributed by atoms with E-state index in [1.165, 1.54) is 57.8 Å². The summed E-state index contributed by atoms with van der Waals surface area (Å²) in [5.41, 5.74) is 0. The molecule has 0 aromatic heterocycles. The van der Waals surface area contributed by atoms with Crippen molar-refractivity contribution in [2.75, 3.05) is 47.5 Å². The lowest BCUT2D eigenvalue weighted by molar-refractivity contribution is -0.870. The molecule has 0 fully saturated rings. The summed E-state index contributed by atoms with van der Waals surface area (Å²) < 4.78 is 22.7. The van der Waals surface area contributed by atoms with E-state index in [2.05, 4.69) is 160 Å². The maximum absolute atomic E-state index is 12.9. The number of rotatable bonds is 57. The average Bonchev–Trinajstić information content (AvgIpc) is 3.44. The Hall–Kier alpha value is -4.83. The third-order valence-electron chi connectivity index (χ3n) is 13.1. The van der Waals surface area contributed by atoms with E-state index in [9.17, 15) is 19.5 Å². The van der Waals surface area contributed by atoms with Crippen LogP contribution >= 0.6 is 0 Å². The number of carboxylic acids is 1. The van der Waals surface area contributed by atoms with Crippen LogP contribution in [0.5, 0.6) is 0 Å². The van der Waals surface area contributed by atoms with Gasteiger partial charge in [-0.05, 0) is 122 Å². The van der Waals surface area contributed by atoms with Gasteiger partial charge in [0.15, 0.2) is 12.4 Å². The normalized spacial score (nSPS) is 13.7. The largest absolute Gasteiger partial charge is 0.545 e. The average molecular weight is 1120 g/mol. The first-order valence-corrected chi connectivity index (χ1v) is 32.0. The Bertz CT molecular complexity index is 1840. The van der Waals surface area contributed by atoms with E-state index in [-0.39, 0.29) is 38.6 Å². The van der Waals surface area contributed by atoms with Gasteiger partial charge in [0.1, 0.15) is 13.2 Å². The molecule has 81 heavy (non-hydrogen) atoms. The van der Waals surface area contributed by atoms with Crippen molar-refractivity contribution in [3.05, 3.63) is 146 Å². The molecule has 2 unspecified atom stereocenters. The number of esters is 2. The molecule has 0 saturated carbocycles. The molecule has 0 aliphatic rings. The summed E-state index contributed by atoms with van der Waals surface area (Å²) in [4.78, 5) is 37.4. The molecule has 0 aromatic rings. The van der Waals surface area contributed by atoms with Gasteiger partial charge in [0.2, 0.25) is 0 Å². The van der Waals surface area contributed by atoms with Gasteiger partial charge < -0.3 is 33.3 Å². The lowest BCUT2D eigenvalue weighted by atomic mass is 10.1. The van der Waals surface area contributed by atoms with Crippen molar-refractivity contribution in [1.82, 2.24) is 0 Å². The molecule has 0 heterocycles. The van der Waals surface area contributed by atoms with E-state index >= 15 is 0 Å². The van der Waals surface area contributed by atoms with Gasteiger partial charge in [0.05, 0.1) is 40.3 Å². The highest BCUT2D eigenvalue weighted by atomic mass is 16.7. The number of carbonyl (C=O) groups excluding carboxylic acids is 3. The number of allylic oxidation sites excluding steroid dienone is 24. The number of carbonyl (C=O) groups is 3. The Morgan fingerprint density at radius 1 is 0.383 bits per heavy atom. The quantitative estimate of drug-likeness (QED) is 0.0195. The zero-order valence-corrected chi connectivity index (χ0v) is 52.1. The van der Waals surface area contributed by atoms with Crippen molar-refractivity contribution in [1.29, 1.82) is 0 Å². The van der Waals surface area contributed by atoms with Crippen molar-refractivity contribution in [3.63, 3.8) is 0 Å². The molecular weight excluding hydrogens is 1010 g/mol. The van der Waals surface area contributed by atoms with E-state index in [0.29, 0.717) is 17.4 Å². The number of hydrogen-bond donors (Lipinski definition) is 0. The number of quaternary nitrogens is 1. The Morgan fingerprint density at radius 3 is 1.05 bits per heavy atom. The molecule has 0 saturated heterocycles. The Kier molecular flexibility index (Phi) is 57.6. The molecule has 0 N–H and O–H groups in total. The van der Waals surface area contributed by atoms with Gasteiger partial charge in [-0.3, -0.25) is 9.59 Å². The van der Waals surface area contributed by atoms with Gasteiger partial charge in [-0.1, -0.05) is 243 Å². The van der Waals surface area contributed by atoms with E-state index < -0.39 is 24.3 Å². The lowest BCUT2D eigenvalue weighted by Gasteiger charge is -2.26. The smallest absolute Gasteiger partial charge is 0.306 e. The monoisotopic (exact) mass is 1120 g/mol. The molecule has 0 aromatic carbocycles. The highest BCUT2D eigenvalue weighted by molar-refractivity contribution is 5.70. The molecule has 0 aliphatic carbocycles. The van der Waals surface area contributed by atoms with Crippen LogP contribution in [-0.4, -0.2) is 82.3 Å². The van der Waals surface area contributed by atoms with Crippen molar-refractivity contribution in [3.8, 4) is 0 Å². The maximum Gasteiger partial charge on any atom is 0.306 e. The predicted molar refractivity (Wildman–Crippen MR) is 342 cm³/mol. The van der Waals surface area contributed by atoms with E-state index in [4.69, 9.17) is 18.9 Å². The van der Waals surface area contributed by atoms with Crippen LogP contribution in [0.1, 0.15) is 232 Å². The van der Waals surface area contributed by atoms with Crippen LogP contribution in [0.4, 0.5) is 0 Å². The minimum atomic E-state index is -1.64. The molecule has 9 heteroatoms.